The smallest absolute Gasteiger partial charge is 0.191 e. The Labute approximate surface area is 92.4 Å². The van der Waals surface area contributed by atoms with Crippen LogP contribution in [0.25, 0.3) is 10.9 Å². The van der Waals surface area contributed by atoms with Gasteiger partial charge in [-0.2, -0.15) is 0 Å². The predicted octanol–water partition coefficient (Wildman–Crippen LogP) is 1.81. The maximum atomic E-state index is 11.3. The van der Waals surface area contributed by atoms with Crippen molar-refractivity contribution in [1.82, 2.24) is 4.98 Å². The molecule has 0 unspecified atom stereocenters. The monoisotopic (exact) mass is 211 g/mol. The highest BCUT2D eigenvalue weighted by Gasteiger charge is 1.96. The fraction of sp³-hybridized carbons (Fsp3) is 0.182. The van der Waals surface area contributed by atoms with E-state index in [0.29, 0.717) is 11.2 Å². The Bertz CT molecular complexity index is 502. The van der Waals surface area contributed by atoms with Gasteiger partial charge >= 0.3 is 0 Å². The van der Waals surface area contributed by atoms with Crippen LogP contribution in [0.5, 0.6) is 0 Å². The molecule has 0 aliphatic carbocycles. The van der Waals surface area contributed by atoms with Crippen LogP contribution in [0, 0.1) is 0 Å². The molecular formula is C11H21N3O. The molecule has 0 aliphatic rings. The van der Waals surface area contributed by atoms with E-state index in [4.69, 9.17) is 11.5 Å². The van der Waals surface area contributed by atoms with E-state index in [1.807, 2.05) is 25.1 Å². The van der Waals surface area contributed by atoms with E-state index >= 15 is 0 Å². The van der Waals surface area contributed by atoms with Gasteiger partial charge in [-0.3, -0.25) is 4.79 Å². The molecule has 0 saturated heterocycles. The van der Waals surface area contributed by atoms with Crippen LogP contribution in [-0.4, -0.2) is 11.5 Å². The molecule has 1 aromatic heterocycles. The first-order valence-electron chi connectivity index (χ1n) is 4.76. The van der Waals surface area contributed by atoms with Gasteiger partial charge in [0.1, 0.15) is 5.82 Å². The van der Waals surface area contributed by atoms with Gasteiger partial charge in [0.25, 0.3) is 0 Å². The van der Waals surface area contributed by atoms with E-state index in [1.165, 1.54) is 6.07 Å². The molecule has 0 saturated carbocycles. The number of nitrogen functional groups attached to an aromatic ring is 1. The zero-order valence-electron chi connectivity index (χ0n) is 8.66. The number of nitrogens with two attached hydrogens (primary N) is 2. The molecule has 4 nitrogen and oxygen atoms in total. The first-order chi connectivity index (χ1) is 7.19. The zero-order chi connectivity index (χ0) is 11.3. The summed E-state index contributed by atoms with van der Waals surface area (Å²) in [5.74, 6) is 0.402. The lowest BCUT2D eigenvalue weighted by Gasteiger charge is -1.97. The fourth-order valence-electron chi connectivity index (χ4n) is 1.22. The molecule has 0 atom stereocenters. The number of aromatic amines is 1. The average Bonchev–Trinajstić information content (AvgIpc) is 2.18. The number of aromatic nitrogens is 1. The molecule has 0 radical (unpaired) electrons. The van der Waals surface area contributed by atoms with Crippen LogP contribution < -0.4 is 16.9 Å². The summed E-state index contributed by atoms with van der Waals surface area (Å²) in [6.45, 7) is 2.65. The van der Waals surface area contributed by atoms with Crippen LogP contribution in [-0.2, 0) is 0 Å². The van der Waals surface area contributed by atoms with Crippen molar-refractivity contribution in [3.63, 3.8) is 0 Å². The highest BCUT2D eigenvalue weighted by Crippen LogP contribution is 2.07. The maximum absolute atomic E-state index is 11.3. The molecule has 2 rings (SSSR count). The number of nitrogens with one attached hydrogen (secondary N) is 1. The minimum Gasteiger partial charge on any atom is -0.385 e. The number of anilines is 1. The third kappa shape index (κ3) is 2.82. The van der Waals surface area contributed by atoms with Crippen molar-refractivity contribution in [2.75, 3.05) is 12.3 Å². The summed E-state index contributed by atoms with van der Waals surface area (Å²) in [5.41, 5.74) is 11.1. The van der Waals surface area contributed by atoms with Gasteiger partial charge in [-0.05, 0) is 18.7 Å². The second kappa shape index (κ2) is 5.17. The Hall–Kier alpha value is -1.81. The lowest BCUT2D eigenvalue weighted by atomic mass is 10.2. The van der Waals surface area contributed by atoms with E-state index in [2.05, 4.69) is 4.98 Å². The summed E-state index contributed by atoms with van der Waals surface area (Å²) >= 11 is 0. The van der Waals surface area contributed by atoms with Crippen LogP contribution in [0.3, 0.4) is 0 Å². The van der Waals surface area contributed by atoms with Crippen molar-refractivity contribution in [3.8, 4) is 0 Å². The summed E-state index contributed by atoms with van der Waals surface area (Å²) in [6.07, 6.45) is 0. The highest BCUT2D eigenvalue weighted by molar-refractivity contribution is 5.79. The van der Waals surface area contributed by atoms with Gasteiger partial charge in [-0.1, -0.05) is 19.1 Å². The number of para-hydroxylation sites is 1. The molecule has 0 aliphatic heterocycles. The van der Waals surface area contributed by atoms with Crippen LogP contribution in [0.4, 0.5) is 5.82 Å². The predicted molar refractivity (Wildman–Crippen MR) is 70.1 cm³/mol. The van der Waals surface area contributed by atoms with Crippen LogP contribution >= 0.6 is 0 Å². The third-order valence-corrected chi connectivity index (χ3v) is 1.76. The zero-order valence-corrected chi connectivity index (χ0v) is 8.66. The lowest BCUT2D eigenvalue weighted by molar-refractivity contribution is 1.14. The molecule has 1 aromatic carbocycles. The quantitative estimate of drug-likeness (QED) is 0.621. The standard InChI is InChI=1S/C9H8N2O.C2H7N.3H2/c10-9-5-8(12)6-3-1-2-4-7(6)11-9;1-2-3;;;/h1-5H,(H3,10,11,12);2-3H2,1H3;3*1H. The van der Waals surface area contributed by atoms with Gasteiger partial charge in [0.2, 0.25) is 0 Å². The summed E-state index contributed by atoms with van der Waals surface area (Å²) in [7, 11) is 0. The molecule has 4 heteroatoms. The van der Waals surface area contributed by atoms with Crippen molar-refractivity contribution < 1.29 is 4.28 Å². The molecule has 0 spiro atoms. The number of benzene rings is 1. The molecule has 0 fully saturated rings. The van der Waals surface area contributed by atoms with E-state index in [0.717, 1.165) is 12.1 Å². The molecule has 15 heavy (non-hydrogen) atoms. The molecule has 5 N–H and O–H groups in total. The maximum Gasteiger partial charge on any atom is 0.191 e. The summed E-state index contributed by atoms with van der Waals surface area (Å²) < 4.78 is 0. The van der Waals surface area contributed by atoms with Gasteiger partial charge in [-0.15, -0.1) is 0 Å². The Balaban J connectivity index is -0.000000345. The third-order valence-electron chi connectivity index (χ3n) is 1.76. The van der Waals surface area contributed by atoms with Crippen molar-refractivity contribution in [2.45, 2.75) is 6.92 Å². The molecule has 86 valence electrons. The summed E-state index contributed by atoms with van der Waals surface area (Å²) in [5, 5.41) is 0.673. The number of rotatable bonds is 0. The fourth-order valence-corrected chi connectivity index (χ4v) is 1.22. The molecule has 0 bridgehead atoms. The first-order valence-corrected chi connectivity index (χ1v) is 4.76. The highest BCUT2D eigenvalue weighted by atomic mass is 16.1. The molecular weight excluding hydrogens is 190 g/mol. The lowest BCUT2D eigenvalue weighted by Crippen LogP contribution is -2.04. The summed E-state index contributed by atoms with van der Waals surface area (Å²) in [4.78, 5) is 14.2. The number of hydrogen-bond acceptors (Lipinski definition) is 3. The normalized spacial score (nSPS) is 9.47. The van der Waals surface area contributed by atoms with E-state index in [9.17, 15) is 4.79 Å². The number of H-pyrrole nitrogens is 1. The summed E-state index contributed by atoms with van der Waals surface area (Å²) in [6, 6.07) is 8.68. The topological polar surface area (TPSA) is 84.9 Å². The van der Waals surface area contributed by atoms with Crippen LogP contribution in [0.15, 0.2) is 35.1 Å². The SMILES string of the molecule is CCN.Nc1cc(=O)c2ccccc2[nH]1.[HH].[HH].[HH]. The number of pyridine rings is 1. The van der Waals surface area contributed by atoms with Gasteiger partial charge in [0, 0.05) is 15.7 Å². The molecule has 2 aromatic rings. The second-order valence-electron chi connectivity index (χ2n) is 3.04. The van der Waals surface area contributed by atoms with Gasteiger partial charge in [0.15, 0.2) is 5.43 Å². The second-order valence-corrected chi connectivity index (χ2v) is 3.04. The van der Waals surface area contributed by atoms with Crippen molar-refractivity contribution in [3.05, 3.63) is 40.6 Å². The van der Waals surface area contributed by atoms with E-state index < -0.39 is 0 Å². The minimum atomic E-state index is -0.0400. The average molecular weight is 211 g/mol. The van der Waals surface area contributed by atoms with Crippen molar-refractivity contribution >= 4 is 16.7 Å². The van der Waals surface area contributed by atoms with Gasteiger partial charge in [-0.25, -0.2) is 0 Å². The number of fused-ring (bicyclic) bond motifs is 1. The minimum absolute atomic E-state index is 0. The first kappa shape index (κ1) is 11.3. The van der Waals surface area contributed by atoms with E-state index in [-0.39, 0.29) is 9.71 Å². The molecule has 0 amide bonds. The van der Waals surface area contributed by atoms with Crippen molar-refractivity contribution in [1.29, 1.82) is 0 Å². The number of hydrogen-bond donors (Lipinski definition) is 3. The largest absolute Gasteiger partial charge is 0.385 e. The Kier molecular flexibility index (Phi) is 3.88. The van der Waals surface area contributed by atoms with Crippen LogP contribution in [0.1, 0.15) is 11.2 Å². The Morgan fingerprint density at radius 3 is 2.67 bits per heavy atom. The van der Waals surface area contributed by atoms with Gasteiger partial charge < -0.3 is 16.5 Å². The Morgan fingerprint density at radius 1 is 1.40 bits per heavy atom. The van der Waals surface area contributed by atoms with E-state index in [1.54, 1.807) is 6.07 Å². The molecule has 1 heterocycles. The Morgan fingerprint density at radius 2 is 2.00 bits per heavy atom. The van der Waals surface area contributed by atoms with Crippen molar-refractivity contribution in [2.24, 2.45) is 5.73 Å². The van der Waals surface area contributed by atoms with Gasteiger partial charge in [0.05, 0.1) is 5.52 Å². The van der Waals surface area contributed by atoms with Crippen LogP contribution in [0.2, 0.25) is 0 Å².